The van der Waals surface area contributed by atoms with Gasteiger partial charge >= 0.3 is 0 Å². The van der Waals surface area contributed by atoms with Crippen molar-refractivity contribution in [1.82, 2.24) is 4.57 Å². The molecule has 0 amide bonds. The van der Waals surface area contributed by atoms with Gasteiger partial charge in [0.25, 0.3) is 0 Å². The maximum absolute atomic E-state index is 2.52. The first kappa shape index (κ1) is 53.5. The first-order chi connectivity index (χ1) is 46.6. The summed E-state index contributed by atoms with van der Waals surface area (Å²) in [7, 11) is 0. The predicted molar refractivity (Wildman–Crippen MR) is 403 cm³/mol. The summed E-state index contributed by atoms with van der Waals surface area (Å²) in [4.78, 5) is 2.50. The molecule has 19 rings (SSSR count). The lowest BCUT2D eigenvalue weighted by molar-refractivity contribution is 1.18. The van der Waals surface area contributed by atoms with Crippen LogP contribution >= 0.6 is 0 Å². The highest BCUT2D eigenvalue weighted by atomic mass is 15.1. The van der Waals surface area contributed by atoms with Gasteiger partial charge < -0.3 is 9.47 Å². The van der Waals surface area contributed by atoms with Crippen LogP contribution in [0.25, 0.3) is 169 Å². The summed E-state index contributed by atoms with van der Waals surface area (Å²) in [6.45, 7) is 0. The molecule has 0 aliphatic heterocycles. The maximum Gasteiger partial charge on any atom is 0.0548 e. The van der Waals surface area contributed by atoms with Crippen LogP contribution in [0.15, 0.2) is 352 Å². The summed E-state index contributed by atoms with van der Waals surface area (Å²) in [5.74, 6) is 0. The van der Waals surface area contributed by atoms with Gasteiger partial charge in [-0.1, -0.05) is 291 Å². The van der Waals surface area contributed by atoms with E-state index in [0.29, 0.717) is 0 Å². The van der Waals surface area contributed by atoms with Crippen molar-refractivity contribution in [1.29, 1.82) is 0 Å². The Morgan fingerprint density at radius 2 is 0.511 bits per heavy atom. The molecule has 0 atom stereocenters. The Bertz CT molecular complexity index is 5980. The number of nitrogens with zero attached hydrogens (tertiary/aromatic N) is 2. The first-order valence-corrected chi connectivity index (χ1v) is 32.5. The lowest BCUT2D eigenvalue weighted by Crippen LogP contribution is -2.12. The van der Waals surface area contributed by atoms with E-state index in [0.717, 1.165) is 45.0 Å². The van der Waals surface area contributed by atoms with E-state index in [1.165, 1.54) is 141 Å². The fourth-order valence-corrected chi connectivity index (χ4v) is 15.6. The summed E-state index contributed by atoms with van der Waals surface area (Å²) in [6.07, 6.45) is 0. The van der Waals surface area contributed by atoms with Crippen molar-refractivity contribution in [2.45, 2.75) is 0 Å². The van der Waals surface area contributed by atoms with Crippen LogP contribution in [0.3, 0.4) is 0 Å². The number of fused-ring (bicyclic) bond motifs is 15. The summed E-state index contributed by atoms with van der Waals surface area (Å²) in [5.41, 5.74) is 18.3. The molecule has 2 heteroatoms. The average Bonchev–Trinajstić information content (AvgIpc) is 1.54. The lowest BCUT2D eigenvalue weighted by Gasteiger charge is -2.29. The van der Waals surface area contributed by atoms with Gasteiger partial charge in [0.1, 0.15) is 0 Å². The minimum absolute atomic E-state index is 1.05. The SMILES string of the molecule is c1cc(-c2cccc3c(-c4ccc5ccc6ccccc6c5c4)cccc23)cc(N(c2cccc(-c3cccc4c(-c5ccc6ccc7ccccc7c6c5)cccc34)c2)c2ccccc2-c2ccccc2-n2c3ccc4ccccc4c3c3c4ccccc4ccc32)c1. The minimum atomic E-state index is 1.05. The average molecular weight is 1190 g/mol. The molecule has 0 saturated heterocycles. The highest BCUT2D eigenvalue weighted by Gasteiger charge is 2.24. The molecule has 0 fully saturated rings. The highest BCUT2D eigenvalue weighted by Crippen LogP contribution is 2.49. The monoisotopic (exact) mass is 1190 g/mol. The van der Waals surface area contributed by atoms with Gasteiger partial charge in [-0.3, -0.25) is 0 Å². The number of para-hydroxylation sites is 2. The van der Waals surface area contributed by atoms with Crippen LogP contribution in [0.2, 0.25) is 0 Å². The van der Waals surface area contributed by atoms with Crippen LogP contribution in [-0.2, 0) is 0 Å². The Labute approximate surface area is 544 Å². The second-order valence-corrected chi connectivity index (χ2v) is 25.0. The molecule has 18 aromatic carbocycles. The molecule has 436 valence electrons. The summed E-state index contributed by atoms with van der Waals surface area (Å²) in [5, 5.41) is 22.4. The van der Waals surface area contributed by atoms with E-state index in [1.54, 1.807) is 0 Å². The standard InChI is InChI=1S/C92H58N2/c1-5-27-71-59(19-1)43-45-63-47-49-67(57-85(63)71)75-35-17-37-79-73(33-15-39-81(75)79)65-23-13-25-69(55-65)93(70-26-14-24-66(56-70)74-34-16-40-82-76(36-18-38-80(74)82)68-50-48-64-46-44-60-20-2-6-28-72(60)86(64)58-68)87-41-11-9-31-83(87)84-32-10-12-42-88(84)94-89-53-51-61-21-3-7-29-77(61)91(89)92-78-30-8-4-22-62(78)52-54-90(92)94/h1-58H. The molecule has 0 aliphatic rings. The molecule has 0 N–H and O–H groups in total. The van der Waals surface area contributed by atoms with Crippen LogP contribution < -0.4 is 4.90 Å². The number of hydrogen-bond donors (Lipinski definition) is 0. The molecule has 0 radical (unpaired) electrons. The molecule has 19 aromatic rings. The number of aromatic nitrogens is 1. The molecule has 0 aliphatic carbocycles. The van der Waals surface area contributed by atoms with Crippen LogP contribution in [0.4, 0.5) is 17.1 Å². The Kier molecular flexibility index (Phi) is 12.3. The van der Waals surface area contributed by atoms with Crippen molar-refractivity contribution in [2.75, 3.05) is 4.90 Å². The van der Waals surface area contributed by atoms with Crippen molar-refractivity contribution in [3.05, 3.63) is 352 Å². The van der Waals surface area contributed by atoms with E-state index in [4.69, 9.17) is 0 Å². The van der Waals surface area contributed by atoms with Crippen molar-refractivity contribution >= 4 is 125 Å². The zero-order valence-electron chi connectivity index (χ0n) is 51.4. The molecular formula is C92H58N2. The van der Waals surface area contributed by atoms with Gasteiger partial charge in [-0.2, -0.15) is 0 Å². The normalized spacial score (nSPS) is 11.8. The number of hydrogen-bond acceptors (Lipinski definition) is 1. The van der Waals surface area contributed by atoms with Crippen LogP contribution in [0, 0.1) is 0 Å². The zero-order valence-corrected chi connectivity index (χ0v) is 51.4. The van der Waals surface area contributed by atoms with Crippen molar-refractivity contribution in [2.24, 2.45) is 0 Å². The van der Waals surface area contributed by atoms with E-state index in [9.17, 15) is 0 Å². The topological polar surface area (TPSA) is 8.17 Å². The fraction of sp³-hybridized carbons (Fsp3) is 0. The zero-order chi connectivity index (χ0) is 61.8. The molecule has 0 spiro atoms. The molecule has 0 bridgehead atoms. The number of anilines is 3. The van der Waals surface area contributed by atoms with Gasteiger partial charge in [-0.15, -0.1) is 0 Å². The fourth-order valence-electron chi connectivity index (χ4n) is 15.6. The van der Waals surface area contributed by atoms with Gasteiger partial charge in [0.2, 0.25) is 0 Å². The molecule has 1 aromatic heterocycles. The molecule has 0 saturated carbocycles. The van der Waals surface area contributed by atoms with Gasteiger partial charge in [-0.25, -0.2) is 0 Å². The van der Waals surface area contributed by atoms with E-state index in [1.807, 2.05) is 0 Å². The quantitative estimate of drug-likeness (QED) is 0.131. The van der Waals surface area contributed by atoms with Crippen molar-refractivity contribution in [3.63, 3.8) is 0 Å². The van der Waals surface area contributed by atoms with Crippen molar-refractivity contribution < 1.29 is 0 Å². The number of benzene rings is 18. The van der Waals surface area contributed by atoms with Gasteiger partial charge in [0.05, 0.1) is 22.4 Å². The summed E-state index contributed by atoms with van der Waals surface area (Å²) >= 11 is 0. The van der Waals surface area contributed by atoms with E-state index in [-0.39, 0.29) is 0 Å². The second-order valence-electron chi connectivity index (χ2n) is 25.0. The third-order valence-electron chi connectivity index (χ3n) is 19.9. The summed E-state index contributed by atoms with van der Waals surface area (Å²) < 4.78 is 2.52. The van der Waals surface area contributed by atoms with Gasteiger partial charge in [0, 0.05) is 33.3 Å². The van der Waals surface area contributed by atoms with Crippen LogP contribution in [-0.4, -0.2) is 4.57 Å². The van der Waals surface area contributed by atoms with E-state index < -0.39 is 0 Å². The maximum atomic E-state index is 2.52. The van der Waals surface area contributed by atoms with Crippen LogP contribution in [0.1, 0.15) is 0 Å². The number of rotatable bonds is 9. The van der Waals surface area contributed by atoms with Crippen molar-refractivity contribution in [3.8, 4) is 61.3 Å². The third kappa shape index (κ3) is 8.58. The Hall–Kier alpha value is -12.4. The van der Waals surface area contributed by atoms with E-state index >= 15 is 0 Å². The smallest absolute Gasteiger partial charge is 0.0548 e. The predicted octanol–water partition coefficient (Wildman–Crippen LogP) is 25.8. The molecule has 94 heavy (non-hydrogen) atoms. The highest BCUT2D eigenvalue weighted by molar-refractivity contribution is 6.29. The molecular weight excluding hydrogens is 1130 g/mol. The largest absolute Gasteiger partial charge is 0.310 e. The molecule has 2 nitrogen and oxygen atoms in total. The molecule has 0 unspecified atom stereocenters. The van der Waals surface area contributed by atoms with Gasteiger partial charge in [-0.05, 0) is 191 Å². The Morgan fingerprint density at radius 3 is 0.979 bits per heavy atom. The Balaban J connectivity index is 0.802. The Morgan fingerprint density at radius 1 is 0.191 bits per heavy atom. The minimum Gasteiger partial charge on any atom is -0.310 e. The van der Waals surface area contributed by atoms with Gasteiger partial charge in [0.15, 0.2) is 0 Å². The lowest BCUT2D eigenvalue weighted by atomic mass is 9.91. The third-order valence-corrected chi connectivity index (χ3v) is 19.9. The van der Waals surface area contributed by atoms with Crippen LogP contribution in [0.5, 0.6) is 0 Å². The second kappa shape index (κ2) is 21.7. The summed E-state index contributed by atoms with van der Waals surface area (Å²) in [6, 6.07) is 131. The first-order valence-electron chi connectivity index (χ1n) is 32.5. The van der Waals surface area contributed by atoms with E-state index in [2.05, 4.69) is 361 Å². The molecule has 1 heterocycles.